The third-order valence-electron chi connectivity index (χ3n) is 4.14. The van der Waals surface area contributed by atoms with Gasteiger partial charge in [0.05, 0.1) is 17.4 Å². The monoisotopic (exact) mass is 389 g/mol. The molecule has 0 radical (unpaired) electrons. The molecule has 0 fully saturated rings. The van der Waals surface area contributed by atoms with E-state index >= 15 is 0 Å². The van der Waals surface area contributed by atoms with Crippen molar-refractivity contribution >= 4 is 32.5 Å². The number of carbonyl (C=O) groups is 1. The largest absolute Gasteiger partial charge is 0.361 e. The molecular weight excluding hydrogens is 369 g/mol. The van der Waals surface area contributed by atoms with Crippen molar-refractivity contribution in [3.8, 4) is 0 Å². The van der Waals surface area contributed by atoms with Gasteiger partial charge in [0.1, 0.15) is 5.82 Å². The fourth-order valence-electron chi connectivity index (χ4n) is 2.81. The van der Waals surface area contributed by atoms with Crippen LogP contribution in [0, 0.1) is 11.7 Å². The molecule has 8 heteroatoms. The molecule has 0 aliphatic rings. The summed E-state index contributed by atoms with van der Waals surface area (Å²) in [6.45, 7) is 1.83. The van der Waals surface area contributed by atoms with E-state index in [1.54, 1.807) is 0 Å². The minimum absolute atomic E-state index is 0.126. The van der Waals surface area contributed by atoms with Gasteiger partial charge in [0.2, 0.25) is 15.9 Å². The van der Waals surface area contributed by atoms with Crippen molar-refractivity contribution in [2.45, 2.75) is 13.5 Å². The Morgan fingerprint density at radius 3 is 2.74 bits per heavy atom. The Morgan fingerprint density at radius 2 is 1.96 bits per heavy atom. The number of H-pyrrole nitrogens is 1. The molecule has 1 unspecified atom stereocenters. The van der Waals surface area contributed by atoms with Crippen LogP contribution >= 0.6 is 0 Å². The first kappa shape index (κ1) is 18.9. The van der Waals surface area contributed by atoms with Gasteiger partial charge in [-0.1, -0.05) is 31.2 Å². The second-order valence-electron chi connectivity index (χ2n) is 6.37. The van der Waals surface area contributed by atoms with Crippen LogP contribution in [0.15, 0.2) is 54.7 Å². The van der Waals surface area contributed by atoms with Crippen LogP contribution in [0.3, 0.4) is 0 Å². The van der Waals surface area contributed by atoms with Crippen LogP contribution in [-0.4, -0.2) is 25.1 Å². The molecule has 0 spiro atoms. The van der Waals surface area contributed by atoms with E-state index in [1.807, 2.05) is 30.5 Å². The lowest BCUT2D eigenvalue weighted by atomic mass is 10.1. The number of hydrogen-bond donors (Lipinski definition) is 3. The van der Waals surface area contributed by atoms with E-state index in [0.29, 0.717) is 6.54 Å². The first-order valence-electron chi connectivity index (χ1n) is 8.43. The lowest BCUT2D eigenvalue weighted by molar-refractivity contribution is -0.124. The van der Waals surface area contributed by atoms with Crippen LogP contribution in [0.4, 0.5) is 10.1 Å². The molecule has 0 saturated heterocycles. The molecular formula is C19H20FN3O3S. The van der Waals surface area contributed by atoms with Crippen molar-refractivity contribution < 1.29 is 17.6 Å². The third-order valence-corrected chi connectivity index (χ3v) is 5.63. The Bertz CT molecular complexity index is 1060. The summed E-state index contributed by atoms with van der Waals surface area (Å²) in [7, 11) is -3.79. The number of nitrogens with one attached hydrogen (secondary N) is 3. The van der Waals surface area contributed by atoms with Crippen molar-refractivity contribution in [2.24, 2.45) is 5.92 Å². The minimum Gasteiger partial charge on any atom is -0.361 e. The molecule has 142 valence electrons. The van der Waals surface area contributed by atoms with Gasteiger partial charge in [-0.2, -0.15) is 0 Å². The number of fused-ring (bicyclic) bond motifs is 1. The zero-order valence-electron chi connectivity index (χ0n) is 14.7. The Balaban J connectivity index is 1.58. The van der Waals surface area contributed by atoms with Gasteiger partial charge in [0, 0.05) is 23.6 Å². The number of para-hydroxylation sites is 1. The molecule has 2 aromatic carbocycles. The second kappa shape index (κ2) is 7.79. The summed E-state index contributed by atoms with van der Waals surface area (Å²) in [6, 6.07) is 12.9. The lowest BCUT2D eigenvalue weighted by Gasteiger charge is -2.14. The summed E-state index contributed by atoms with van der Waals surface area (Å²) in [5.41, 5.74) is 2.02. The summed E-state index contributed by atoms with van der Waals surface area (Å²) in [5, 5.41) is 3.77. The molecule has 1 heterocycles. The fourth-order valence-corrected chi connectivity index (χ4v) is 4.19. The quantitative estimate of drug-likeness (QED) is 0.580. The molecule has 3 N–H and O–H groups in total. The van der Waals surface area contributed by atoms with Crippen LogP contribution in [0.2, 0.25) is 0 Å². The first-order chi connectivity index (χ1) is 12.8. The van der Waals surface area contributed by atoms with E-state index in [4.69, 9.17) is 0 Å². The van der Waals surface area contributed by atoms with Gasteiger partial charge < -0.3 is 10.3 Å². The summed E-state index contributed by atoms with van der Waals surface area (Å²) in [5.74, 6) is -2.07. The molecule has 0 saturated carbocycles. The number of benzene rings is 2. The van der Waals surface area contributed by atoms with Crippen LogP contribution in [0.5, 0.6) is 0 Å². The standard InChI is InChI=1S/C19H20FN3O3S/c1-13(12-27(25,26)23-16-6-4-5-15(20)9-16)19(24)22-11-14-10-21-18-8-3-2-7-17(14)18/h2-10,13,21,23H,11-12H2,1H3,(H,22,24). The van der Waals surface area contributed by atoms with Gasteiger partial charge in [-0.25, -0.2) is 12.8 Å². The number of aromatic nitrogens is 1. The van der Waals surface area contributed by atoms with Gasteiger partial charge in [-0.05, 0) is 29.8 Å². The molecule has 1 aromatic heterocycles. The number of carbonyl (C=O) groups excluding carboxylic acids is 1. The van der Waals surface area contributed by atoms with Gasteiger partial charge in [-0.3, -0.25) is 9.52 Å². The molecule has 3 aromatic rings. The molecule has 1 amide bonds. The summed E-state index contributed by atoms with van der Waals surface area (Å²) >= 11 is 0. The highest BCUT2D eigenvalue weighted by Gasteiger charge is 2.22. The van der Waals surface area contributed by atoms with Crippen molar-refractivity contribution in [3.63, 3.8) is 0 Å². The maximum absolute atomic E-state index is 13.2. The Morgan fingerprint density at radius 1 is 1.19 bits per heavy atom. The number of rotatable bonds is 7. The summed E-state index contributed by atoms with van der Waals surface area (Å²) in [6.07, 6.45) is 1.82. The fraction of sp³-hybridized carbons (Fsp3) is 0.211. The SMILES string of the molecule is CC(CS(=O)(=O)Nc1cccc(F)c1)C(=O)NCc1c[nH]c2ccccc12. The molecule has 6 nitrogen and oxygen atoms in total. The molecule has 1 atom stereocenters. The number of sulfonamides is 1. The van der Waals surface area contributed by atoms with E-state index in [2.05, 4.69) is 15.0 Å². The zero-order valence-corrected chi connectivity index (χ0v) is 15.5. The topological polar surface area (TPSA) is 91.1 Å². The molecule has 27 heavy (non-hydrogen) atoms. The van der Waals surface area contributed by atoms with Crippen LogP contribution in [0.25, 0.3) is 10.9 Å². The third kappa shape index (κ3) is 4.85. The van der Waals surface area contributed by atoms with Gasteiger partial charge in [0.25, 0.3) is 0 Å². The van der Waals surface area contributed by atoms with Gasteiger partial charge >= 0.3 is 0 Å². The Labute approximate surface area is 156 Å². The highest BCUT2D eigenvalue weighted by molar-refractivity contribution is 7.92. The first-order valence-corrected chi connectivity index (χ1v) is 10.1. The molecule has 0 aliphatic heterocycles. The second-order valence-corrected chi connectivity index (χ2v) is 8.14. The average Bonchev–Trinajstić information content (AvgIpc) is 3.02. The average molecular weight is 389 g/mol. The highest BCUT2D eigenvalue weighted by Crippen LogP contribution is 2.17. The normalized spacial score (nSPS) is 12.7. The number of hydrogen-bond acceptors (Lipinski definition) is 3. The predicted molar refractivity (Wildman–Crippen MR) is 103 cm³/mol. The predicted octanol–water partition coefficient (Wildman–Crippen LogP) is 3.00. The Hall–Kier alpha value is -2.87. The zero-order chi connectivity index (χ0) is 19.4. The maximum atomic E-state index is 13.2. The van der Waals surface area contributed by atoms with Gasteiger partial charge in [0.15, 0.2) is 0 Å². The number of anilines is 1. The van der Waals surface area contributed by atoms with Crippen molar-refractivity contribution in [2.75, 3.05) is 10.5 Å². The summed E-state index contributed by atoms with van der Waals surface area (Å²) < 4.78 is 39.9. The number of aromatic amines is 1. The van der Waals surface area contributed by atoms with Gasteiger partial charge in [-0.15, -0.1) is 0 Å². The van der Waals surface area contributed by atoms with E-state index in [0.717, 1.165) is 22.5 Å². The smallest absolute Gasteiger partial charge is 0.233 e. The van der Waals surface area contributed by atoms with Crippen LogP contribution in [0.1, 0.15) is 12.5 Å². The molecule has 3 rings (SSSR count). The number of amides is 1. The van der Waals surface area contributed by atoms with E-state index in [1.165, 1.54) is 25.1 Å². The van der Waals surface area contributed by atoms with Crippen LogP contribution < -0.4 is 10.0 Å². The van der Waals surface area contributed by atoms with Crippen molar-refractivity contribution in [1.82, 2.24) is 10.3 Å². The highest BCUT2D eigenvalue weighted by atomic mass is 32.2. The lowest BCUT2D eigenvalue weighted by Crippen LogP contribution is -2.34. The van der Waals surface area contributed by atoms with Crippen molar-refractivity contribution in [1.29, 1.82) is 0 Å². The van der Waals surface area contributed by atoms with Crippen molar-refractivity contribution in [3.05, 3.63) is 66.1 Å². The van der Waals surface area contributed by atoms with E-state index < -0.39 is 27.5 Å². The Kier molecular flexibility index (Phi) is 5.46. The molecule has 0 aliphatic carbocycles. The summed E-state index contributed by atoms with van der Waals surface area (Å²) in [4.78, 5) is 15.4. The minimum atomic E-state index is -3.79. The molecule has 0 bridgehead atoms. The van der Waals surface area contributed by atoms with E-state index in [9.17, 15) is 17.6 Å². The number of halogens is 1. The van der Waals surface area contributed by atoms with E-state index in [-0.39, 0.29) is 11.6 Å². The maximum Gasteiger partial charge on any atom is 0.233 e. The van der Waals surface area contributed by atoms with Crippen LogP contribution in [-0.2, 0) is 21.4 Å².